The average molecular weight is 444 g/mol. The number of benzene rings is 2. The molecule has 1 aliphatic rings. The number of fused-ring (bicyclic) bond motifs is 1. The van der Waals surface area contributed by atoms with Crippen LogP contribution in [0.15, 0.2) is 67.1 Å². The average Bonchev–Trinajstić information content (AvgIpc) is 3.22. The largest absolute Gasteiger partial charge is 0.480 e. The molecular formula is C25H25N5O3. The van der Waals surface area contributed by atoms with Gasteiger partial charge in [-0.1, -0.05) is 30.3 Å². The van der Waals surface area contributed by atoms with Gasteiger partial charge in [0.15, 0.2) is 0 Å². The Bertz CT molecular complexity index is 1290. The number of anilines is 1. The second-order valence-electron chi connectivity index (χ2n) is 8.54. The van der Waals surface area contributed by atoms with Gasteiger partial charge in [0.2, 0.25) is 0 Å². The Morgan fingerprint density at radius 2 is 1.70 bits per heavy atom. The van der Waals surface area contributed by atoms with E-state index < -0.39 is 11.5 Å². The highest BCUT2D eigenvalue weighted by molar-refractivity contribution is 6.00. The molecule has 168 valence electrons. The molecule has 2 heterocycles. The van der Waals surface area contributed by atoms with Crippen molar-refractivity contribution in [2.24, 2.45) is 5.73 Å². The Morgan fingerprint density at radius 1 is 1.03 bits per heavy atom. The van der Waals surface area contributed by atoms with Crippen molar-refractivity contribution < 1.29 is 14.6 Å². The smallest absolute Gasteiger partial charge is 0.323 e. The number of carbonyl (C=O) groups is 1. The van der Waals surface area contributed by atoms with E-state index in [0.29, 0.717) is 31.5 Å². The minimum atomic E-state index is -1.16. The van der Waals surface area contributed by atoms with Crippen LogP contribution in [0.4, 0.5) is 5.82 Å². The maximum Gasteiger partial charge on any atom is 0.323 e. The van der Waals surface area contributed by atoms with Gasteiger partial charge in [0.25, 0.3) is 0 Å². The van der Waals surface area contributed by atoms with Crippen LogP contribution in [0.25, 0.3) is 22.2 Å². The van der Waals surface area contributed by atoms with E-state index in [-0.39, 0.29) is 6.04 Å². The van der Waals surface area contributed by atoms with Crippen LogP contribution < -0.4 is 16.2 Å². The van der Waals surface area contributed by atoms with E-state index >= 15 is 0 Å². The van der Waals surface area contributed by atoms with Crippen molar-refractivity contribution in [1.82, 2.24) is 14.5 Å². The number of hydrogen-bond acceptors (Lipinski definition) is 6. The van der Waals surface area contributed by atoms with Gasteiger partial charge in [-0.15, -0.1) is 0 Å². The van der Waals surface area contributed by atoms with E-state index in [9.17, 15) is 9.90 Å². The van der Waals surface area contributed by atoms with Crippen LogP contribution in [0.3, 0.4) is 0 Å². The van der Waals surface area contributed by atoms with Gasteiger partial charge >= 0.3 is 5.97 Å². The number of carboxylic acid groups (broad SMARTS) is 1. The predicted octanol–water partition coefficient (Wildman–Crippen LogP) is 4.37. The fourth-order valence-electron chi connectivity index (χ4n) is 4.54. The highest BCUT2D eigenvalue weighted by Crippen LogP contribution is 2.40. The molecule has 8 nitrogen and oxygen atoms in total. The fourth-order valence-corrected chi connectivity index (χ4v) is 4.54. The van der Waals surface area contributed by atoms with Crippen LogP contribution in [0, 0.1) is 0 Å². The van der Waals surface area contributed by atoms with Gasteiger partial charge in [-0.2, -0.15) is 0 Å². The molecule has 1 saturated carbocycles. The summed E-state index contributed by atoms with van der Waals surface area (Å²) in [4.78, 5) is 20.2. The van der Waals surface area contributed by atoms with E-state index in [4.69, 9.17) is 16.2 Å². The lowest BCUT2D eigenvalue weighted by Gasteiger charge is -2.34. The summed E-state index contributed by atoms with van der Waals surface area (Å²) in [7, 11) is 0. The Morgan fingerprint density at radius 3 is 2.36 bits per heavy atom. The van der Waals surface area contributed by atoms with Gasteiger partial charge in [-0.05, 0) is 55.5 Å². The number of para-hydroxylation sites is 1. The first-order chi connectivity index (χ1) is 15.9. The van der Waals surface area contributed by atoms with Gasteiger partial charge in [-0.25, -0.2) is 9.97 Å². The molecule has 0 atom stereocenters. The number of aromatic nitrogens is 3. The standard InChI is InChI=1S/C25H25N5O3/c26-22-21-20(16-6-8-19(9-7-16)33-18-4-2-1-3-5-18)14-30(23(21)29-15-28-22)17-10-12-25(27,13-11-17)24(31)32/h1-9,14-15,17H,10-13,27H2,(H,31,32)(H2,26,28,29). The summed E-state index contributed by atoms with van der Waals surface area (Å²) >= 11 is 0. The number of nitrogen functional groups attached to an aromatic ring is 1. The lowest BCUT2D eigenvalue weighted by atomic mass is 9.80. The summed E-state index contributed by atoms with van der Waals surface area (Å²) in [5.41, 5.74) is 13.8. The molecule has 0 aliphatic heterocycles. The van der Waals surface area contributed by atoms with Crippen LogP contribution in [0.1, 0.15) is 31.7 Å². The van der Waals surface area contributed by atoms with E-state index in [1.165, 1.54) is 6.33 Å². The zero-order chi connectivity index (χ0) is 23.0. The molecule has 8 heteroatoms. The fraction of sp³-hybridized carbons (Fsp3) is 0.240. The highest BCUT2D eigenvalue weighted by Gasteiger charge is 2.39. The monoisotopic (exact) mass is 443 g/mol. The number of carboxylic acids is 1. The maximum absolute atomic E-state index is 11.5. The molecule has 2 aromatic heterocycles. The Hall–Kier alpha value is -3.91. The van der Waals surface area contributed by atoms with Gasteiger partial charge < -0.3 is 25.9 Å². The minimum absolute atomic E-state index is 0.0901. The normalized spacial score (nSPS) is 20.6. The summed E-state index contributed by atoms with van der Waals surface area (Å²) in [5.74, 6) is 0.976. The van der Waals surface area contributed by atoms with Crippen LogP contribution in [-0.2, 0) is 4.79 Å². The number of hydrogen-bond donors (Lipinski definition) is 3. The van der Waals surface area contributed by atoms with Crippen LogP contribution in [0.2, 0.25) is 0 Å². The molecule has 4 aromatic rings. The SMILES string of the molecule is Nc1ncnc2c1c(-c1ccc(Oc3ccccc3)cc1)cn2C1CCC(N)(C(=O)O)CC1. The van der Waals surface area contributed by atoms with Crippen molar-refractivity contribution in [3.63, 3.8) is 0 Å². The number of ether oxygens (including phenoxy) is 1. The van der Waals surface area contributed by atoms with Gasteiger partial charge in [-0.3, -0.25) is 4.79 Å². The molecule has 2 aromatic carbocycles. The van der Waals surface area contributed by atoms with Crippen LogP contribution in [0.5, 0.6) is 11.5 Å². The molecule has 5 rings (SSSR count). The molecule has 0 amide bonds. The third kappa shape index (κ3) is 3.89. The van der Waals surface area contributed by atoms with Crippen LogP contribution in [-0.4, -0.2) is 31.1 Å². The molecular weight excluding hydrogens is 418 g/mol. The van der Waals surface area contributed by atoms with Crippen molar-refractivity contribution >= 4 is 22.8 Å². The van der Waals surface area contributed by atoms with Crippen molar-refractivity contribution in [3.05, 3.63) is 67.1 Å². The number of rotatable bonds is 5. The molecule has 0 spiro atoms. The molecule has 0 saturated heterocycles. The first kappa shape index (κ1) is 21.0. The predicted molar refractivity (Wildman–Crippen MR) is 126 cm³/mol. The van der Waals surface area contributed by atoms with Gasteiger partial charge in [0.05, 0.1) is 5.39 Å². The molecule has 0 radical (unpaired) electrons. The summed E-state index contributed by atoms with van der Waals surface area (Å²) in [6, 6.07) is 17.5. The summed E-state index contributed by atoms with van der Waals surface area (Å²) in [6.07, 6.45) is 5.63. The van der Waals surface area contributed by atoms with Crippen molar-refractivity contribution in [3.8, 4) is 22.6 Å². The number of aliphatic carboxylic acids is 1. The third-order valence-corrected chi connectivity index (χ3v) is 6.45. The number of nitrogens with two attached hydrogens (primary N) is 2. The second kappa shape index (κ2) is 8.22. The van der Waals surface area contributed by atoms with Gasteiger partial charge in [0, 0.05) is 17.8 Å². The molecule has 0 unspecified atom stereocenters. The summed E-state index contributed by atoms with van der Waals surface area (Å²) in [5, 5.41) is 10.2. The number of nitrogens with zero attached hydrogens (tertiary/aromatic N) is 3. The van der Waals surface area contributed by atoms with E-state index in [0.717, 1.165) is 33.7 Å². The van der Waals surface area contributed by atoms with Crippen molar-refractivity contribution in [1.29, 1.82) is 0 Å². The zero-order valence-corrected chi connectivity index (χ0v) is 18.0. The zero-order valence-electron chi connectivity index (χ0n) is 18.0. The maximum atomic E-state index is 11.5. The van der Waals surface area contributed by atoms with Gasteiger partial charge in [0.1, 0.15) is 34.8 Å². The molecule has 1 aliphatic carbocycles. The summed E-state index contributed by atoms with van der Waals surface area (Å²) in [6.45, 7) is 0. The van der Waals surface area contributed by atoms with E-state index in [2.05, 4.69) is 14.5 Å². The first-order valence-corrected chi connectivity index (χ1v) is 10.9. The summed E-state index contributed by atoms with van der Waals surface area (Å²) < 4.78 is 8.00. The Balaban J connectivity index is 1.48. The Kier molecular flexibility index (Phi) is 5.22. The van der Waals surface area contributed by atoms with Crippen LogP contribution >= 0.6 is 0 Å². The van der Waals surface area contributed by atoms with E-state index in [1.54, 1.807) is 0 Å². The Labute approximate surface area is 190 Å². The van der Waals surface area contributed by atoms with Crippen molar-refractivity contribution in [2.45, 2.75) is 37.3 Å². The lowest BCUT2D eigenvalue weighted by Crippen LogP contribution is -2.50. The quantitative estimate of drug-likeness (QED) is 0.418. The lowest BCUT2D eigenvalue weighted by molar-refractivity contribution is -0.144. The molecule has 33 heavy (non-hydrogen) atoms. The molecule has 5 N–H and O–H groups in total. The van der Waals surface area contributed by atoms with Crippen molar-refractivity contribution in [2.75, 3.05) is 5.73 Å². The topological polar surface area (TPSA) is 129 Å². The second-order valence-corrected chi connectivity index (χ2v) is 8.54. The third-order valence-electron chi connectivity index (χ3n) is 6.45. The molecule has 0 bridgehead atoms. The van der Waals surface area contributed by atoms with E-state index in [1.807, 2.05) is 60.8 Å². The highest BCUT2D eigenvalue weighted by atomic mass is 16.5. The molecule has 1 fully saturated rings. The first-order valence-electron chi connectivity index (χ1n) is 10.9. The minimum Gasteiger partial charge on any atom is -0.480 e.